The first kappa shape index (κ1) is 23.4. The van der Waals surface area contributed by atoms with Crippen LogP contribution in [0.3, 0.4) is 0 Å². The lowest BCUT2D eigenvalue weighted by Gasteiger charge is -2.24. The summed E-state index contributed by atoms with van der Waals surface area (Å²) in [6.45, 7) is 3.99. The molecule has 1 aliphatic heterocycles. The number of nitro benzene ring substituents is 1. The van der Waals surface area contributed by atoms with Gasteiger partial charge in [-0.1, -0.05) is 40.5 Å². The second-order valence-electron chi connectivity index (χ2n) is 7.42. The number of rotatable bonds is 6. The molecule has 0 saturated carbocycles. The van der Waals surface area contributed by atoms with Crippen molar-refractivity contribution in [3.8, 4) is 17.0 Å². The molecule has 0 aliphatic carbocycles. The quantitative estimate of drug-likeness (QED) is 0.308. The molecule has 2 heterocycles. The van der Waals surface area contributed by atoms with Gasteiger partial charge < -0.3 is 14.2 Å². The standard InChI is InChI=1S/C22H19Cl2N3O5S/c1-12-6-7-17(16(10-12)27(29)30)31-11-18-26(8-9-33-18)22(28)19-13(2)32-25-21(19)20-14(23)4-3-5-15(20)24/h3-7,10,18H,8-9,11H2,1-2H3/t18-/m0/s1. The molecular weight excluding hydrogens is 489 g/mol. The van der Waals surface area contributed by atoms with Crippen LogP contribution in [0.1, 0.15) is 21.7 Å². The van der Waals surface area contributed by atoms with E-state index >= 15 is 0 Å². The number of halogens is 2. The van der Waals surface area contributed by atoms with Gasteiger partial charge in [0.25, 0.3) is 5.91 Å². The fraction of sp³-hybridized carbons (Fsp3) is 0.273. The highest BCUT2D eigenvalue weighted by Crippen LogP contribution is 2.38. The summed E-state index contributed by atoms with van der Waals surface area (Å²) in [5.41, 5.74) is 1.63. The third-order valence-corrected chi connectivity index (χ3v) is 7.04. The number of aryl methyl sites for hydroxylation is 2. The molecule has 0 radical (unpaired) electrons. The van der Waals surface area contributed by atoms with Gasteiger partial charge >= 0.3 is 5.69 Å². The van der Waals surface area contributed by atoms with E-state index in [0.717, 1.165) is 5.56 Å². The van der Waals surface area contributed by atoms with Gasteiger partial charge in [-0.25, -0.2) is 0 Å². The number of nitrogens with zero attached hydrogens (tertiary/aromatic N) is 3. The Kier molecular flexibility index (Phi) is 6.83. The summed E-state index contributed by atoms with van der Waals surface area (Å²) in [4.78, 5) is 26.1. The third kappa shape index (κ3) is 4.66. The molecule has 4 rings (SSSR count). The van der Waals surface area contributed by atoms with Crippen LogP contribution < -0.4 is 4.74 Å². The lowest BCUT2D eigenvalue weighted by molar-refractivity contribution is -0.385. The molecule has 11 heteroatoms. The molecule has 1 saturated heterocycles. The summed E-state index contributed by atoms with van der Waals surface area (Å²) in [6, 6.07) is 9.81. The van der Waals surface area contributed by atoms with E-state index in [0.29, 0.717) is 33.7 Å². The Morgan fingerprint density at radius 3 is 2.73 bits per heavy atom. The first-order chi connectivity index (χ1) is 15.8. The Bertz CT molecular complexity index is 1210. The minimum atomic E-state index is -0.479. The number of hydrogen-bond acceptors (Lipinski definition) is 7. The predicted molar refractivity (Wildman–Crippen MR) is 127 cm³/mol. The summed E-state index contributed by atoms with van der Waals surface area (Å²) in [5, 5.41) is 15.8. The lowest BCUT2D eigenvalue weighted by Crippen LogP contribution is -2.38. The molecule has 1 amide bonds. The van der Waals surface area contributed by atoms with Crippen LogP contribution >= 0.6 is 35.0 Å². The minimum absolute atomic E-state index is 0.0901. The number of carbonyl (C=O) groups excluding carboxylic acids is 1. The van der Waals surface area contributed by atoms with E-state index in [4.69, 9.17) is 32.5 Å². The van der Waals surface area contributed by atoms with E-state index in [1.165, 1.54) is 17.8 Å². The summed E-state index contributed by atoms with van der Waals surface area (Å²) < 4.78 is 11.1. The number of nitro groups is 1. The first-order valence-electron chi connectivity index (χ1n) is 9.99. The molecular formula is C22H19Cl2N3O5S. The molecule has 0 N–H and O–H groups in total. The predicted octanol–water partition coefficient (Wildman–Crippen LogP) is 5.77. The van der Waals surface area contributed by atoms with Gasteiger partial charge in [0.1, 0.15) is 29.0 Å². The Labute approximate surface area is 203 Å². The molecule has 1 aromatic heterocycles. The maximum Gasteiger partial charge on any atom is 0.311 e. The van der Waals surface area contributed by atoms with Crippen molar-refractivity contribution in [3.05, 3.63) is 73.4 Å². The Morgan fingerprint density at radius 2 is 2.03 bits per heavy atom. The highest BCUT2D eigenvalue weighted by Gasteiger charge is 2.35. The van der Waals surface area contributed by atoms with Crippen LogP contribution in [0, 0.1) is 24.0 Å². The van der Waals surface area contributed by atoms with Gasteiger partial charge in [-0.05, 0) is 37.6 Å². The smallest absolute Gasteiger partial charge is 0.311 e. The fourth-order valence-electron chi connectivity index (χ4n) is 3.61. The summed E-state index contributed by atoms with van der Waals surface area (Å²) in [5.74, 6) is 0.908. The van der Waals surface area contributed by atoms with Gasteiger partial charge in [0.05, 0.1) is 15.0 Å². The van der Waals surface area contributed by atoms with Gasteiger partial charge in [0, 0.05) is 23.9 Å². The molecule has 0 unspecified atom stereocenters. The molecule has 0 bridgehead atoms. The van der Waals surface area contributed by atoms with Gasteiger partial charge in [-0.15, -0.1) is 11.8 Å². The van der Waals surface area contributed by atoms with E-state index in [9.17, 15) is 14.9 Å². The van der Waals surface area contributed by atoms with E-state index in [1.54, 1.807) is 49.1 Å². The van der Waals surface area contributed by atoms with E-state index in [-0.39, 0.29) is 40.6 Å². The number of thioether (sulfide) groups is 1. The zero-order chi connectivity index (χ0) is 23.7. The Morgan fingerprint density at radius 1 is 1.30 bits per heavy atom. The molecule has 1 fully saturated rings. The molecule has 33 heavy (non-hydrogen) atoms. The molecule has 1 aliphatic rings. The monoisotopic (exact) mass is 507 g/mol. The maximum absolute atomic E-state index is 13.5. The van der Waals surface area contributed by atoms with E-state index in [1.807, 2.05) is 0 Å². The zero-order valence-electron chi connectivity index (χ0n) is 17.7. The Balaban J connectivity index is 1.59. The number of hydrogen-bond donors (Lipinski definition) is 0. The van der Waals surface area contributed by atoms with Crippen LogP contribution in [-0.2, 0) is 0 Å². The molecule has 8 nitrogen and oxygen atoms in total. The van der Waals surface area contributed by atoms with Crippen molar-refractivity contribution >= 4 is 46.6 Å². The first-order valence-corrected chi connectivity index (χ1v) is 11.8. The van der Waals surface area contributed by atoms with Gasteiger partial charge in [0.2, 0.25) is 0 Å². The largest absolute Gasteiger partial charge is 0.484 e. The van der Waals surface area contributed by atoms with Crippen LogP contribution in [0.25, 0.3) is 11.3 Å². The SMILES string of the molecule is Cc1ccc(OC[C@@H]2SCCN2C(=O)c2c(-c3c(Cl)cccc3Cl)noc2C)c([N+](=O)[O-])c1. The van der Waals surface area contributed by atoms with Gasteiger partial charge in [-0.3, -0.25) is 14.9 Å². The van der Waals surface area contributed by atoms with Crippen LogP contribution in [0.5, 0.6) is 5.75 Å². The second-order valence-corrected chi connectivity index (χ2v) is 9.52. The van der Waals surface area contributed by atoms with Crippen LogP contribution in [-0.4, -0.2) is 45.2 Å². The molecule has 3 aromatic rings. The lowest BCUT2D eigenvalue weighted by atomic mass is 10.0. The second kappa shape index (κ2) is 9.62. The van der Waals surface area contributed by atoms with Crippen molar-refractivity contribution in [1.82, 2.24) is 10.1 Å². The van der Waals surface area contributed by atoms with Gasteiger partial charge in [-0.2, -0.15) is 0 Å². The van der Waals surface area contributed by atoms with Crippen molar-refractivity contribution in [2.75, 3.05) is 18.9 Å². The van der Waals surface area contributed by atoms with Crippen LogP contribution in [0.4, 0.5) is 5.69 Å². The van der Waals surface area contributed by atoms with Crippen LogP contribution in [0.15, 0.2) is 40.9 Å². The normalized spacial score (nSPS) is 15.6. The highest BCUT2D eigenvalue weighted by atomic mass is 35.5. The Hall–Kier alpha value is -2.75. The summed E-state index contributed by atoms with van der Waals surface area (Å²) in [7, 11) is 0. The van der Waals surface area contributed by atoms with E-state index in [2.05, 4.69) is 5.16 Å². The third-order valence-electron chi connectivity index (χ3n) is 5.22. The number of carbonyl (C=O) groups is 1. The summed E-state index contributed by atoms with van der Waals surface area (Å²) in [6.07, 6.45) is 0. The number of aromatic nitrogens is 1. The van der Waals surface area contributed by atoms with E-state index < -0.39 is 4.92 Å². The van der Waals surface area contributed by atoms with Crippen LogP contribution in [0.2, 0.25) is 10.0 Å². The zero-order valence-corrected chi connectivity index (χ0v) is 20.0. The maximum atomic E-state index is 13.5. The highest BCUT2D eigenvalue weighted by molar-refractivity contribution is 8.00. The molecule has 1 atom stereocenters. The topological polar surface area (TPSA) is 98.7 Å². The fourth-order valence-corrected chi connectivity index (χ4v) is 5.30. The molecule has 2 aromatic carbocycles. The van der Waals surface area contributed by atoms with Crippen molar-refractivity contribution in [3.63, 3.8) is 0 Å². The summed E-state index contributed by atoms with van der Waals surface area (Å²) >= 11 is 14.2. The minimum Gasteiger partial charge on any atom is -0.484 e. The van der Waals surface area contributed by atoms with Crippen molar-refractivity contribution < 1.29 is 19.0 Å². The average molecular weight is 508 g/mol. The average Bonchev–Trinajstić information content (AvgIpc) is 3.39. The van der Waals surface area contributed by atoms with Crippen molar-refractivity contribution in [2.45, 2.75) is 19.2 Å². The van der Waals surface area contributed by atoms with Crippen molar-refractivity contribution in [2.24, 2.45) is 0 Å². The molecule has 0 spiro atoms. The number of amides is 1. The number of benzene rings is 2. The van der Waals surface area contributed by atoms with Crippen molar-refractivity contribution in [1.29, 1.82) is 0 Å². The molecule has 172 valence electrons. The van der Waals surface area contributed by atoms with Gasteiger partial charge in [0.15, 0.2) is 5.75 Å². The number of ether oxygens (including phenoxy) is 1.